The van der Waals surface area contributed by atoms with Gasteiger partial charge in [-0.1, -0.05) is 0 Å². The smallest absolute Gasteiger partial charge is 0.311 e. The number of likely N-dealkylation sites (tertiary alicyclic amines) is 2. The van der Waals surface area contributed by atoms with Gasteiger partial charge in [-0.25, -0.2) is 0 Å². The van der Waals surface area contributed by atoms with Crippen LogP contribution in [0.1, 0.15) is 12.8 Å². The second kappa shape index (κ2) is 8.98. The fourth-order valence-electron chi connectivity index (χ4n) is 2.98. The number of nitro benzene ring substituents is 1. The van der Waals surface area contributed by atoms with Gasteiger partial charge in [-0.3, -0.25) is 10.1 Å². The molecule has 3 rings (SSSR count). The molecule has 0 spiro atoms. The molecule has 2 fully saturated rings. The summed E-state index contributed by atoms with van der Waals surface area (Å²) in [5.74, 6) is 0.835. The van der Waals surface area contributed by atoms with Crippen LogP contribution in [-0.4, -0.2) is 79.4 Å². The summed E-state index contributed by atoms with van der Waals surface area (Å²) in [5.41, 5.74) is -0.0478. The molecular formula is C17H27N3O5. The van der Waals surface area contributed by atoms with Gasteiger partial charge in [0.25, 0.3) is 0 Å². The Hall–Kier alpha value is -1.90. The molecule has 2 aliphatic rings. The number of hydrogen-bond acceptors (Lipinski definition) is 7. The van der Waals surface area contributed by atoms with E-state index in [9.17, 15) is 10.1 Å². The number of rotatable bonds is 4. The number of ether oxygens (including phenoxy) is 2. The zero-order valence-electron chi connectivity index (χ0n) is 15.1. The average Bonchev–Trinajstić information content (AvgIpc) is 3.15. The van der Waals surface area contributed by atoms with Gasteiger partial charge < -0.3 is 24.4 Å². The van der Waals surface area contributed by atoms with Gasteiger partial charge >= 0.3 is 5.69 Å². The van der Waals surface area contributed by atoms with E-state index in [1.54, 1.807) is 12.1 Å². The highest BCUT2D eigenvalue weighted by atomic mass is 16.6. The number of nitrogens with zero attached hydrogens (tertiary/aromatic N) is 3. The Morgan fingerprint density at radius 1 is 1.20 bits per heavy atom. The lowest BCUT2D eigenvalue weighted by Crippen LogP contribution is -2.21. The number of methoxy groups -OCH3 is 1. The molecule has 1 N–H and O–H groups in total. The Bertz CT molecular complexity index is 575. The fraction of sp³-hybridized carbons (Fsp3) is 0.647. The molecule has 0 amide bonds. The molecule has 8 nitrogen and oxygen atoms in total. The van der Waals surface area contributed by atoms with Crippen LogP contribution in [0.15, 0.2) is 18.2 Å². The zero-order valence-corrected chi connectivity index (χ0v) is 15.1. The summed E-state index contributed by atoms with van der Waals surface area (Å²) < 4.78 is 10.8. The molecule has 2 atom stereocenters. The third-order valence-electron chi connectivity index (χ3n) is 4.37. The molecule has 140 valence electrons. The van der Waals surface area contributed by atoms with E-state index in [4.69, 9.17) is 14.6 Å². The maximum atomic E-state index is 10.8. The molecule has 2 heterocycles. The van der Waals surface area contributed by atoms with Crippen LogP contribution < -0.4 is 9.47 Å². The summed E-state index contributed by atoms with van der Waals surface area (Å²) in [6.07, 6.45) is 2.01. The van der Waals surface area contributed by atoms with Crippen molar-refractivity contribution in [1.82, 2.24) is 9.80 Å². The van der Waals surface area contributed by atoms with Gasteiger partial charge in [0.2, 0.25) is 5.75 Å². The number of β-amino-alcohol motifs (C(OH)–C–C–N with tert-alkyl or cyclic N) is 1. The lowest BCUT2D eigenvalue weighted by Gasteiger charge is -2.14. The number of aliphatic hydroxyl groups is 1. The van der Waals surface area contributed by atoms with E-state index in [0.717, 1.165) is 39.0 Å². The van der Waals surface area contributed by atoms with Crippen LogP contribution in [0.3, 0.4) is 0 Å². The van der Waals surface area contributed by atoms with Crippen LogP contribution in [-0.2, 0) is 0 Å². The van der Waals surface area contributed by atoms with Gasteiger partial charge in [-0.2, -0.15) is 0 Å². The normalized spacial score (nSPS) is 23.8. The predicted molar refractivity (Wildman–Crippen MR) is 94.3 cm³/mol. The summed E-state index contributed by atoms with van der Waals surface area (Å²) >= 11 is 0. The molecule has 2 aliphatic heterocycles. The Labute approximate surface area is 148 Å². The third-order valence-corrected chi connectivity index (χ3v) is 4.37. The van der Waals surface area contributed by atoms with Crippen molar-refractivity contribution in [3.63, 3.8) is 0 Å². The van der Waals surface area contributed by atoms with Crippen LogP contribution in [0.4, 0.5) is 5.69 Å². The number of benzene rings is 1. The van der Waals surface area contributed by atoms with Crippen LogP contribution in [0.2, 0.25) is 0 Å². The number of nitro groups is 1. The molecule has 1 aromatic carbocycles. The van der Waals surface area contributed by atoms with Gasteiger partial charge in [0.05, 0.1) is 18.1 Å². The van der Waals surface area contributed by atoms with Gasteiger partial charge in [0.15, 0.2) is 0 Å². The summed E-state index contributed by atoms with van der Waals surface area (Å²) in [6, 6.07) is 4.59. The monoisotopic (exact) mass is 353 g/mol. The maximum absolute atomic E-state index is 10.8. The van der Waals surface area contributed by atoms with E-state index in [-0.39, 0.29) is 23.6 Å². The minimum Gasteiger partial charge on any atom is -0.490 e. The fourth-order valence-corrected chi connectivity index (χ4v) is 2.98. The molecule has 25 heavy (non-hydrogen) atoms. The Balaban J connectivity index is 0.000000269. The standard InChI is InChI=1S/C12H16N2O4.C5H11NO/c1-13-6-5-10(8-13)18-9-3-4-11(14(15)16)12(7-9)17-2;1-6-3-2-5(7)4-6/h3-4,7,10H,5-6,8H2,1-2H3;5,7H,2-4H2,1H3. The average molecular weight is 353 g/mol. The van der Waals surface area contributed by atoms with Crippen molar-refractivity contribution in [3.05, 3.63) is 28.3 Å². The summed E-state index contributed by atoms with van der Waals surface area (Å²) in [5, 5.41) is 19.6. The minimum atomic E-state index is -0.466. The molecule has 0 aromatic heterocycles. The highest BCUT2D eigenvalue weighted by molar-refractivity contribution is 5.50. The van der Waals surface area contributed by atoms with E-state index in [1.807, 2.05) is 14.1 Å². The highest BCUT2D eigenvalue weighted by Gasteiger charge is 2.22. The second-order valence-corrected chi connectivity index (χ2v) is 6.59. The van der Waals surface area contributed by atoms with Crippen LogP contribution in [0, 0.1) is 10.1 Å². The topological polar surface area (TPSA) is 88.3 Å². The Morgan fingerprint density at radius 2 is 1.88 bits per heavy atom. The first kappa shape index (κ1) is 19.4. The van der Waals surface area contributed by atoms with Gasteiger partial charge in [-0.05, 0) is 33.0 Å². The van der Waals surface area contributed by atoms with E-state index >= 15 is 0 Å². The Kier molecular flexibility index (Phi) is 6.98. The zero-order chi connectivity index (χ0) is 18.4. The number of aliphatic hydroxyl groups excluding tert-OH is 1. The van der Waals surface area contributed by atoms with Crippen LogP contribution in [0.25, 0.3) is 0 Å². The van der Waals surface area contributed by atoms with E-state index in [0.29, 0.717) is 5.75 Å². The highest BCUT2D eigenvalue weighted by Crippen LogP contribution is 2.31. The van der Waals surface area contributed by atoms with Gasteiger partial charge in [0.1, 0.15) is 11.9 Å². The van der Waals surface area contributed by atoms with E-state index < -0.39 is 4.92 Å². The number of hydrogen-bond donors (Lipinski definition) is 1. The molecule has 2 unspecified atom stereocenters. The van der Waals surface area contributed by atoms with Crippen molar-refractivity contribution in [2.24, 2.45) is 0 Å². The first-order valence-corrected chi connectivity index (χ1v) is 8.43. The quantitative estimate of drug-likeness (QED) is 0.646. The van der Waals surface area contributed by atoms with Crippen molar-refractivity contribution in [2.75, 3.05) is 47.4 Å². The van der Waals surface area contributed by atoms with Crippen molar-refractivity contribution >= 4 is 5.69 Å². The maximum Gasteiger partial charge on any atom is 0.311 e. The molecule has 0 bridgehead atoms. The molecule has 0 saturated carbocycles. The summed E-state index contributed by atoms with van der Waals surface area (Å²) in [6.45, 7) is 3.80. The lowest BCUT2D eigenvalue weighted by molar-refractivity contribution is -0.385. The second-order valence-electron chi connectivity index (χ2n) is 6.59. The van der Waals surface area contributed by atoms with E-state index in [2.05, 4.69) is 9.80 Å². The molecule has 8 heteroatoms. The first-order valence-electron chi connectivity index (χ1n) is 8.43. The van der Waals surface area contributed by atoms with Crippen molar-refractivity contribution in [1.29, 1.82) is 0 Å². The Morgan fingerprint density at radius 3 is 2.32 bits per heavy atom. The summed E-state index contributed by atoms with van der Waals surface area (Å²) in [7, 11) is 5.48. The van der Waals surface area contributed by atoms with Gasteiger partial charge in [-0.15, -0.1) is 0 Å². The SMILES string of the molecule is CN1CCC(O)C1.COc1cc(OC2CCN(C)C2)ccc1[N+](=O)[O-]. The molecule has 0 radical (unpaired) electrons. The van der Waals surface area contributed by atoms with E-state index in [1.165, 1.54) is 13.2 Å². The van der Waals surface area contributed by atoms with Crippen molar-refractivity contribution in [2.45, 2.75) is 25.0 Å². The van der Waals surface area contributed by atoms with Crippen molar-refractivity contribution < 1.29 is 19.5 Å². The first-order chi connectivity index (χ1) is 11.9. The lowest BCUT2D eigenvalue weighted by atomic mass is 10.2. The van der Waals surface area contributed by atoms with Crippen molar-refractivity contribution in [3.8, 4) is 11.5 Å². The summed E-state index contributed by atoms with van der Waals surface area (Å²) in [4.78, 5) is 14.6. The molecule has 0 aliphatic carbocycles. The minimum absolute atomic E-state index is 0.0478. The number of likely N-dealkylation sites (N-methyl/N-ethyl adjacent to an activating group) is 2. The van der Waals surface area contributed by atoms with Crippen LogP contribution in [0.5, 0.6) is 11.5 Å². The predicted octanol–water partition coefficient (Wildman–Crippen LogP) is 1.37. The largest absolute Gasteiger partial charge is 0.490 e. The third kappa shape index (κ3) is 5.84. The van der Waals surface area contributed by atoms with Gasteiger partial charge in [0, 0.05) is 38.3 Å². The van der Waals surface area contributed by atoms with Crippen LogP contribution >= 0.6 is 0 Å². The molecule has 2 saturated heterocycles. The molecule has 1 aromatic rings. The molecular weight excluding hydrogens is 326 g/mol.